The molecule has 1 aliphatic carbocycles. The van der Waals surface area contributed by atoms with Crippen molar-refractivity contribution in [2.75, 3.05) is 37.6 Å². The lowest BCUT2D eigenvalue weighted by Gasteiger charge is -2.39. The van der Waals surface area contributed by atoms with Gasteiger partial charge in [-0.3, -0.25) is 4.90 Å². The summed E-state index contributed by atoms with van der Waals surface area (Å²) in [5, 5.41) is 0.809. The maximum atomic E-state index is 6.28. The first-order chi connectivity index (χ1) is 10.2. The molecule has 1 saturated heterocycles. The van der Waals surface area contributed by atoms with Crippen molar-refractivity contribution in [3.05, 3.63) is 29.3 Å². The van der Waals surface area contributed by atoms with Gasteiger partial charge in [0.05, 0.1) is 0 Å². The monoisotopic (exact) mass is 307 g/mol. The molecule has 3 nitrogen and oxygen atoms in total. The number of hydrogen-bond acceptors (Lipinski definition) is 3. The highest BCUT2D eigenvalue weighted by Crippen LogP contribution is 2.25. The van der Waals surface area contributed by atoms with E-state index in [-0.39, 0.29) is 0 Å². The maximum Gasteiger partial charge on any atom is 0.0407 e. The van der Waals surface area contributed by atoms with Gasteiger partial charge < -0.3 is 10.6 Å². The molecule has 1 heterocycles. The second kappa shape index (κ2) is 6.99. The van der Waals surface area contributed by atoms with Crippen LogP contribution in [0.15, 0.2) is 24.3 Å². The molecule has 2 fully saturated rings. The molecule has 2 N–H and O–H groups in total. The molecule has 1 aromatic rings. The number of piperazine rings is 1. The fourth-order valence-corrected chi connectivity index (χ4v) is 3.76. The van der Waals surface area contributed by atoms with Crippen LogP contribution in [0.25, 0.3) is 0 Å². The fourth-order valence-electron chi connectivity index (χ4n) is 3.64. The lowest BCUT2D eigenvalue weighted by atomic mass is 9.84. The van der Waals surface area contributed by atoms with Gasteiger partial charge in [-0.15, -0.1) is 0 Å². The SMILES string of the molecule is NC1CCCCC1CN1CCN(c2ccc(Cl)cc2)CC1. The minimum atomic E-state index is 0.424. The Balaban J connectivity index is 1.49. The van der Waals surface area contributed by atoms with Crippen LogP contribution >= 0.6 is 11.6 Å². The van der Waals surface area contributed by atoms with E-state index in [0.29, 0.717) is 12.0 Å². The molecular weight excluding hydrogens is 282 g/mol. The zero-order valence-corrected chi connectivity index (χ0v) is 13.4. The van der Waals surface area contributed by atoms with Crippen molar-refractivity contribution in [3.63, 3.8) is 0 Å². The third kappa shape index (κ3) is 3.91. The van der Waals surface area contributed by atoms with Gasteiger partial charge in [0.15, 0.2) is 0 Å². The first-order valence-electron chi connectivity index (χ1n) is 8.21. The first-order valence-corrected chi connectivity index (χ1v) is 8.58. The Morgan fingerprint density at radius 2 is 1.67 bits per heavy atom. The van der Waals surface area contributed by atoms with Crippen molar-refractivity contribution in [2.45, 2.75) is 31.7 Å². The van der Waals surface area contributed by atoms with Crippen molar-refractivity contribution >= 4 is 17.3 Å². The smallest absolute Gasteiger partial charge is 0.0407 e. The van der Waals surface area contributed by atoms with E-state index in [0.717, 1.165) is 31.2 Å². The second-order valence-corrected chi connectivity index (χ2v) is 6.91. The Hall–Kier alpha value is -0.770. The molecule has 1 saturated carbocycles. The molecule has 0 radical (unpaired) electrons. The van der Waals surface area contributed by atoms with Crippen LogP contribution < -0.4 is 10.6 Å². The molecule has 1 aromatic carbocycles. The van der Waals surface area contributed by atoms with Crippen molar-refractivity contribution in [2.24, 2.45) is 11.7 Å². The molecule has 4 heteroatoms. The van der Waals surface area contributed by atoms with Crippen LogP contribution in [0.1, 0.15) is 25.7 Å². The van der Waals surface area contributed by atoms with Crippen LogP contribution in [-0.4, -0.2) is 43.7 Å². The molecular formula is C17H26ClN3. The zero-order chi connectivity index (χ0) is 14.7. The highest BCUT2D eigenvalue weighted by atomic mass is 35.5. The van der Waals surface area contributed by atoms with Gasteiger partial charge in [-0.1, -0.05) is 24.4 Å². The maximum absolute atomic E-state index is 6.28. The van der Waals surface area contributed by atoms with E-state index in [1.807, 2.05) is 12.1 Å². The number of benzene rings is 1. The standard InChI is InChI=1S/C17H26ClN3/c18-15-5-7-16(8-6-15)21-11-9-20(10-12-21)13-14-3-1-2-4-17(14)19/h5-8,14,17H,1-4,9-13,19H2. The predicted octanol–water partition coefficient (Wildman–Crippen LogP) is 2.98. The topological polar surface area (TPSA) is 32.5 Å². The van der Waals surface area contributed by atoms with Gasteiger partial charge in [-0.2, -0.15) is 0 Å². The second-order valence-electron chi connectivity index (χ2n) is 6.47. The summed E-state index contributed by atoms with van der Waals surface area (Å²) >= 11 is 5.96. The molecule has 2 atom stereocenters. The molecule has 2 unspecified atom stereocenters. The number of hydrogen-bond donors (Lipinski definition) is 1. The zero-order valence-electron chi connectivity index (χ0n) is 12.7. The predicted molar refractivity (Wildman–Crippen MR) is 90.0 cm³/mol. The number of nitrogens with zero attached hydrogens (tertiary/aromatic N) is 2. The summed E-state index contributed by atoms with van der Waals surface area (Å²) in [4.78, 5) is 5.05. The van der Waals surface area contributed by atoms with E-state index in [4.69, 9.17) is 17.3 Å². The van der Waals surface area contributed by atoms with E-state index in [9.17, 15) is 0 Å². The van der Waals surface area contributed by atoms with Crippen LogP contribution in [0.2, 0.25) is 5.02 Å². The first kappa shape index (κ1) is 15.1. The lowest BCUT2D eigenvalue weighted by Crippen LogP contribution is -2.50. The van der Waals surface area contributed by atoms with E-state index in [2.05, 4.69) is 21.9 Å². The summed E-state index contributed by atoms with van der Waals surface area (Å²) in [6.07, 6.45) is 5.22. The summed E-state index contributed by atoms with van der Waals surface area (Å²) in [6.45, 7) is 5.68. The molecule has 2 aliphatic rings. The normalized spacial score (nSPS) is 27.8. The molecule has 0 bridgehead atoms. The molecule has 0 amide bonds. The van der Waals surface area contributed by atoms with E-state index < -0.39 is 0 Å². The van der Waals surface area contributed by atoms with Gasteiger partial charge >= 0.3 is 0 Å². The van der Waals surface area contributed by atoms with Crippen molar-refractivity contribution in [3.8, 4) is 0 Å². The van der Waals surface area contributed by atoms with Crippen LogP contribution in [0.5, 0.6) is 0 Å². The van der Waals surface area contributed by atoms with Crippen LogP contribution in [-0.2, 0) is 0 Å². The molecule has 21 heavy (non-hydrogen) atoms. The van der Waals surface area contributed by atoms with Gasteiger partial charge in [-0.05, 0) is 43.0 Å². The third-order valence-electron chi connectivity index (χ3n) is 5.02. The van der Waals surface area contributed by atoms with Gasteiger partial charge in [0.1, 0.15) is 0 Å². The molecule has 3 rings (SSSR count). The van der Waals surface area contributed by atoms with Crippen LogP contribution in [0.3, 0.4) is 0 Å². The molecule has 0 aromatic heterocycles. The van der Waals surface area contributed by atoms with Crippen molar-refractivity contribution < 1.29 is 0 Å². The van der Waals surface area contributed by atoms with E-state index in [1.165, 1.54) is 37.9 Å². The largest absolute Gasteiger partial charge is 0.369 e. The van der Waals surface area contributed by atoms with Gasteiger partial charge in [0.25, 0.3) is 0 Å². The Kier molecular flexibility index (Phi) is 5.04. The Morgan fingerprint density at radius 3 is 2.33 bits per heavy atom. The number of anilines is 1. The van der Waals surface area contributed by atoms with Crippen molar-refractivity contribution in [1.82, 2.24) is 4.90 Å². The summed E-state index contributed by atoms with van der Waals surface area (Å²) in [6, 6.07) is 8.62. The summed E-state index contributed by atoms with van der Waals surface area (Å²) < 4.78 is 0. The number of rotatable bonds is 3. The number of nitrogens with two attached hydrogens (primary N) is 1. The van der Waals surface area contributed by atoms with Gasteiger partial charge in [0.2, 0.25) is 0 Å². The summed E-state index contributed by atoms with van der Waals surface area (Å²) in [5.41, 5.74) is 7.56. The minimum absolute atomic E-state index is 0.424. The summed E-state index contributed by atoms with van der Waals surface area (Å²) in [5.74, 6) is 0.709. The van der Waals surface area contributed by atoms with Gasteiger partial charge in [0, 0.05) is 49.5 Å². The van der Waals surface area contributed by atoms with Crippen LogP contribution in [0.4, 0.5) is 5.69 Å². The highest BCUT2D eigenvalue weighted by molar-refractivity contribution is 6.30. The quantitative estimate of drug-likeness (QED) is 0.932. The Bertz CT molecular complexity index is 440. The van der Waals surface area contributed by atoms with Crippen LogP contribution in [0, 0.1) is 5.92 Å². The average Bonchev–Trinajstić information content (AvgIpc) is 2.51. The highest BCUT2D eigenvalue weighted by Gasteiger charge is 2.25. The summed E-state index contributed by atoms with van der Waals surface area (Å²) in [7, 11) is 0. The fraction of sp³-hybridized carbons (Fsp3) is 0.647. The van der Waals surface area contributed by atoms with Gasteiger partial charge in [-0.25, -0.2) is 0 Å². The Labute approximate surface area is 133 Å². The molecule has 116 valence electrons. The third-order valence-corrected chi connectivity index (χ3v) is 5.28. The van der Waals surface area contributed by atoms with E-state index in [1.54, 1.807) is 0 Å². The lowest BCUT2D eigenvalue weighted by molar-refractivity contribution is 0.177. The average molecular weight is 308 g/mol. The Morgan fingerprint density at radius 1 is 1.00 bits per heavy atom. The van der Waals surface area contributed by atoms with Crippen molar-refractivity contribution in [1.29, 1.82) is 0 Å². The molecule has 0 spiro atoms. The molecule has 1 aliphatic heterocycles. The number of halogens is 1. The minimum Gasteiger partial charge on any atom is -0.369 e. The van der Waals surface area contributed by atoms with E-state index >= 15 is 0 Å².